The predicted octanol–water partition coefficient (Wildman–Crippen LogP) is 3.89. The molecule has 0 saturated carbocycles. The van der Waals surface area contributed by atoms with Crippen LogP contribution in [0.3, 0.4) is 0 Å². The van der Waals surface area contributed by atoms with E-state index in [2.05, 4.69) is 43.1 Å². The van der Waals surface area contributed by atoms with E-state index >= 15 is 0 Å². The molecule has 0 fully saturated rings. The number of aromatic nitrogens is 1. The summed E-state index contributed by atoms with van der Waals surface area (Å²) in [6, 6.07) is 8.35. The van der Waals surface area contributed by atoms with Crippen molar-refractivity contribution in [3.63, 3.8) is 0 Å². The topological polar surface area (TPSA) is 50.2 Å². The average Bonchev–Trinajstić information content (AvgIpc) is 2.82. The van der Waals surface area contributed by atoms with Gasteiger partial charge in [-0.05, 0) is 38.2 Å². The van der Waals surface area contributed by atoms with Gasteiger partial charge < -0.3 is 5.11 Å². The van der Waals surface area contributed by atoms with E-state index in [9.17, 15) is 9.90 Å². The molecule has 106 valence electrons. The van der Waals surface area contributed by atoms with Gasteiger partial charge in [-0.3, -0.25) is 0 Å². The van der Waals surface area contributed by atoms with Gasteiger partial charge in [-0.1, -0.05) is 36.8 Å². The van der Waals surface area contributed by atoms with E-state index in [1.807, 2.05) is 0 Å². The minimum Gasteiger partial charge on any atom is -0.477 e. The summed E-state index contributed by atoms with van der Waals surface area (Å²) < 4.78 is 0. The van der Waals surface area contributed by atoms with Crippen molar-refractivity contribution in [1.29, 1.82) is 0 Å². The van der Waals surface area contributed by atoms with Crippen molar-refractivity contribution in [2.24, 2.45) is 0 Å². The highest BCUT2D eigenvalue weighted by Crippen LogP contribution is 2.21. The Bertz CT molecular complexity index is 587. The summed E-state index contributed by atoms with van der Waals surface area (Å²) in [4.78, 5) is 16.2. The van der Waals surface area contributed by atoms with Crippen LogP contribution < -0.4 is 0 Å². The number of carbonyl (C=O) groups is 1. The molecule has 1 N–H and O–H groups in total. The lowest BCUT2D eigenvalue weighted by molar-refractivity contribution is 0.0700. The first-order chi connectivity index (χ1) is 9.60. The van der Waals surface area contributed by atoms with Crippen molar-refractivity contribution >= 4 is 17.3 Å². The van der Waals surface area contributed by atoms with Crippen molar-refractivity contribution in [1.82, 2.24) is 4.98 Å². The third kappa shape index (κ3) is 3.67. The van der Waals surface area contributed by atoms with Crippen LogP contribution >= 0.6 is 11.3 Å². The van der Waals surface area contributed by atoms with E-state index in [-0.39, 0.29) is 0 Å². The summed E-state index contributed by atoms with van der Waals surface area (Å²) >= 11 is 1.32. The lowest BCUT2D eigenvalue weighted by Gasteiger charge is -2.01. The van der Waals surface area contributed by atoms with Gasteiger partial charge in [0.25, 0.3) is 0 Å². The van der Waals surface area contributed by atoms with Crippen molar-refractivity contribution in [2.75, 3.05) is 0 Å². The van der Waals surface area contributed by atoms with Crippen LogP contribution in [0.2, 0.25) is 0 Å². The standard InChI is InChI=1S/C16H19NO2S/c1-3-4-14-17-13(15(20-14)16(18)19)10-9-12-7-5-11(2)6-8-12/h5-8H,3-4,9-10H2,1-2H3,(H,18,19). The fraction of sp³-hybridized carbons (Fsp3) is 0.375. The van der Waals surface area contributed by atoms with Gasteiger partial charge in [-0.25, -0.2) is 9.78 Å². The number of aryl methyl sites for hydroxylation is 4. The van der Waals surface area contributed by atoms with Crippen molar-refractivity contribution in [3.8, 4) is 0 Å². The Morgan fingerprint density at radius 3 is 2.50 bits per heavy atom. The first kappa shape index (κ1) is 14.7. The molecule has 0 radical (unpaired) electrons. The average molecular weight is 289 g/mol. The smallest absolute Gasteiger partial charge is 0.347 e. The van der Waals surface area contributed by atoms with Crippen LogP contribution in [0.4, 0.5) is 0 Å². The molecule has 0 bridgehead atoms. The summed E-state index contributed by atoms with van der Waals surface area (Å²) in [6.45, 7) is 4.14. The maximum Gasteiger partial charge on any atom is 0.347 e. The first-order valence-electron chi connectivity index (χ1n) is 6.87. The normalized spacial score (nSPS) is 10.7. The van der Waals surface area contributed by atoms with Crippen LogP contribution in [0.15, 0.2) is 24.3 Å². The molecular weight excluding hydrogens is 270 g/mol. The van der Waals surface area contributed by atoms with E-state index < -0.39 is 5.97 Å². The lowest BCUT2D eigenvalue weighted by Crippen LogP contribution is -2.01. The van der Waals surface area contributed by atoms with Crippen LogP contribution in [-0.4, -0.2) is 16.1 Å². The molecule has 1 aromatic heterocycles. The number of aromatic carboxylic acids is 1. The summed E-state index contributed by atoms with van der Waals surface area (Å²) in [5, 5.41) is 10.2. The molecule has 0 aliphatic heterocycles. The molecule has 4 heteroatoms. The lowest BCUT2D eigenvalue weighted by atomic mass is 10.1. The summed E-state index contributed by atoms with van der Waals surface area (Å²) in [7, 11) is 0. The second-order valence-corrected chi connectivity index (χ2v) is 6.01. The summed E-state index contributed by atoms with van der Waals surface area (Å²) in [6.07, 6.45) is 3.36. The highest BCUT2D eigenvalue weighted by atomic mass is 32.1. The zero-order valence-corrected chi connectivity index (χ0v) is 12.7. The SMILES string of the molecule is CCCc1nc(CCc2ccc(C)cc2)c(C(=O)O)s1. The minimum absolute atomic E-state index is 0.403. The van der Waals surface area contributed by atoms with Gasteiger partial charge in [0.15, 0.2) is 0 Å². The van der Waals surface area contributed by atoms with Gasteiger partial charge in [-0.2, -0.15) is 0 Å². The van der Waals surface area contributed by atoms with Crippen molar-refractivity contribution < 1.29 is 9.90 Å². The van der Waals surface area contributed by atoms with Crippen LogP contribution in [0.25, 0.3) is 0 Å². The van der Waals surface area contributed by atoms with Crippen LogP contribution in [0.1, 0.15) is 44.8 Å². The second kappa shape index (κ2) is 6.66. The Hall–Kier alpha value is -1.68. The number of nitrogens with zero attached hydrogens (tertiary/aromatic N) is 1. The molecule has 0 spiro atoms. The predicted molar refractivity (Wildman–Crippen MR) is 81.7 cm³/mol. The zero-order chi connectivity index (χ0) is 14.5. The monoisotopic (exact) mass is 289 g/mol. The molecule has 1 aromatic carbocycles. The van der Waals surface area contributed by atoms with Crippen LogP contribution in [-0.2, 0) is 19.3 Å². The zero-order valence-electron chi connectivity index (χ0n) is 11.8. The summed E-state index contributed by atoms with van der Waals surface area (Å²) in [5.41, 5.74) is 3.18. The van der Waals surface area contributed by atoms with Crippen LogP contribution in [0, 0.1) is 6.92 Å². The second-order valence-electron chi connectivity index (χ2n) is 4.92. The Kier molecular flexibility index (Phi) is 4.90. The number of hydrogen-bond acceptors (Lipinski definition) is 3. The van der Waals surface area contributed by atoms with Gasteiger partial charge in [0.1, 0.15) is 4.88 Å². The van der Waals surface area contributed by atoms with Gasteiger partial charge in [0.05, 0.1) is 10.7 Å². The van der Waals surface area contributed by atoms with Crippen LogP contribution in [0.5, 0.6) is 0 Å². The number of carboxylic acids is 1. The fourth-order valence-electron chi connectivity index (χ4n) is 2.08. The maximum absolute atomic E-state index is 11.3. The molecular formula is C16H19NO2S. The number of thiazole rings is 1. The molecule has 0 aliphatic rings. The number of hydrogen-bond donors (Lipinski definition) is 1. The molecule has 2 aromatic rings. The third-order valence-corrected chi connectivity index (χ3v) is 4.32. The fourth-order valence-corrected chi connectivity index (χ4v) is 3.13. The molecule has 20 heavy (non-hydrogen) atoms. The molecule has 0 atom stereocenters. The molecule has 0 saturated heterocycles. The molecule has 2 rings (SSSR count). The van der Waals surface area contributed by atoms with E-state index in [4.69, 9.17) is 0 Å². The molecule has 0 aliphatic carbocycles. The van der Waals surface area contributed by atoms with Crippen molar-refractivity contribution in [3.05, 3.63) is 51.0 Å². The molecule has 1 heterocycles. The summed E-state index contributed by atoms with van der Waals surface area (Å²) in [5.74, 6) is -0.858. The highest BCUT2D eigenvalue weighted by Gasteiger charge is 2.16. The third-order valence-electron chi connectivity index (χ3n) is 3.17. The van der Waals surface area contributed by atoms with E-state index in [1.54, 1.807) is 0 Å². The van der Waals surface area contributed by atoms with E-state index in [0.29, 0.717) is 11.3 Å². The highest BCUT2D eigenvalue weighted by molar-refractivity contribution is 7.13. The number of carboxylic acid groups (broad SMARTS) is 1. The number of benzene rings is 1. The Morgan fingerprint density at radius 2 is 1.90 bits per heavy atom. The first-order valence-corrected chi connectivity index (χ1v) is 7.69. The Balaban J connectivity index is 2.11. The molecule has 0 unspecified atom stereocenters. The van der Waals surface area contributed by atoms with E-state index in [0.717, 1.165) is 30.0 Å². The Labute approximate surface area is 123 Å². The number of rotatable bonds is 6. The maximum atomic E-state index is 11.3. The quantitative estimate of drug-likeness (QED) is 0.877. The van der Waals surface area contributed by atoms with Gasteiger partial charge in [-0.15, -0.1) is 11.3 Å². The minimum atomic E-state index is -0.858. The largest absolute Gasteiger partial charge is 0.477 e. The van der Waals surface area contributed by atoms with E-state index in [1.165, 1.54) is 22.5 Å². The van der Waals surface area contributed by atoms with Gasteiger partial charge in [0, 0.05) is 0 Å². The molecule has 3 nitrogen and oxygen atoms in total. The van der Waals surface area contributed by atoms with Gasteiger partial charge >= 0.3 is 5.97 Å². The van der Waals surface area contributed by atoms with Crippen molar-refractivity contribution in [2.45, 2.75) is 39.5 Å². The molecule has 0 amide bonds. The Morgan fingerprint density at radius 1 is 1.20 bits per heavy atom. The van der Waals surface area contributed by atoms with Gasteiger partial charge in [0.2, 0.25) is 0 Å².